The van der Waals surface area contributed by atoms with Crippen molar-refractivity contribution in [3.8, 4) is 5.75 Å². The van der Waals surface area contributed by atoms with Gasteiger partial charge in [0.15, 0.2) is 0 Å². The van der Waals surface area contributed by atoms with Crippen LogP contribution in [0.4, 0.5) is 0 Å². The molecule has 0 saturated carbocycles. The van der Waals surface area contributed by atoms with Gasteiger partial charge in [0.2, 0.25) is 15.9 Å². The summed E-state index contributed by atoms with van der Waals surface area (Å²) < 4.78 is 30.6. The number of carbonyl (C=O) groups is 1. The van der Waals surface area contributed by atoms with E-state index in [-0.39, 0.29) is 11.9 Å². The second-order valence-electron chi connectivity index (χ2n) is 5.82. The molecule has 1 saturated heterocycles. The molecule has 1 aromatic carbocycles. The molecule has 1 amide bonds. The summed E-state index contributed by atoms with van der Waals surface area (Å²) in [6.07, 6.45) is 3.04. The third-order valence-electron chi connectivity index (χ3n) is 3.74. The Balaban J connectivity index is 1.91. The number of rotatable bonds is 6. The van der Waals surface area contributed by atoms with Crippen LogP contribution in [0.2, 0.25) is 0 Å². The summed E-state index contributed by atoms with van der Waals surface area (Å²) in [5.41, 5.74) is 0.927. The number of nitrogens with one attached hydrogen (secondary N) is 1. The molecule has 0 radical (unpaired) electrons. The molecule has 0 unspecified atom stereocenters. The van der Waals surface area contributed by atoms with Crippen LogP contribution in [0, 0.1) is 0 Å². The van der Waals surface area contributed by atoms with Crippen molar-refractivity contribution < 1.29 is 17.9 Å². The molecule has 1 aliphatic heterocycles. The van der Waals surface area contributed by atoms with Gasteiger partial charge in [-0.3, -0.25) is 4.79 Å². The maximum Gasteiger partial charge on any atom is 0.227 e. The lowest BCUT2D eigenvalue weighted by molar-refractivity contribution is -0.131. The van der Waals surface area contributed by atoms with E-state index in [0.29, 0.717) is 26.1 Å². The normalized spacial score (nSPS) is 18.7. The van der Waals surface area contributed by atoms with Crippen LogP contribution >= 0.6 is 0 Å². The summed E-state index contributed by atoms with van der Waals surface area (Å²) in [6.45, 7) is 3.65. The van der Waals surface area contributed by atoms with Crippen LogP contribution in [0.25, 0.3) is 0 Å². The number of nitrogens with zero attached hydrogens (tertiary/aromatic N) is 1. The lowest BCUT2D eigenvalue weighted by Crippen LogP contribution is -2.49. The molecule has 1 fully saturated rings. The first-order valence-electron chi connectivity index (χ1n) is 7.84. The first-order chi connectivity index (χ1) is 10.9. The minimum atomic E-state index is -3.24. The van der Waals surface area contributed by atoms with Gasteiger partial charge in [-0.15, -0.1) is 0 Å². The van der Waals surface area contributed by atoms with Crippen LogP contribution in [0.1, 0.15) is 25.3 Å². The van der Waals surface area contributed by atoms with Gasteiger partial charge in [0.25, 0.3) is 0 Å². The van der Waals surface area contributed by atoms with Crippen LogP contribution < -0.4 is 9.46 Å². The Hall–Kier alpha value is -1.60. The van der Waals surface area contributed by atoms with Gasteiger partial charge in [-0.2, -0.15) is 0 Å². The summed E-state index contributed by atoms with van der Waals surface area (Å²) >= 11 is 0. The predicted molar refractivity (Wildman–Crippen MR) is 88.9 cm³/mol. The van der Waals surface area contributed by atoms with Crippen molar-refractivity contribution in [2.45, 2.75) is 32.2 Å². The van der Waals surface area contributed by atoms with Gasteiger partial charge in [0, 0.05) is 19.1 Å². The molecule has 1 aromatic rings. The molecule has 7 heteroatoms. The Labute approximate surface area is 137 Å². The average Bonchev–Trinajstić information content (AvgIpc) is 2.48. The van der Waals surface area contributed by atoms with Gasteiger partial charge >= 0.3 is 0 Å². The minimum Gasteiger partial charge on any atom is -0.494 e. The third kappa shape index (κ3) is 5.84. The largest absolute Gasteiger partial charge is 0.494 e. The van der Waals surface area contributed by atoms with Crippen molar-refractivity contribution in [1.29, 1.82) is 0 Å². The summed E-state index contributed by atoms with van der Waals surface area (Å²) in [6, 6.07) is 7.30. The van der Waals surface area contributed by atoms with E-state index in [2.05, 4.69) is 4.72 Å². The molecule has 128 valence electrons. The zero-order valence-corrected chi connectivity index (χ0v) is 14.4. The Kier molecular flexibility index (Phi) is 6.01. The second-order valence-corrected chi connectivity index (χ2v) is 7.60. The van der Waals surface area contributed by atoms with E-state index in [9.17, 15) is 13.2 Å². The first-order valence-corrected chi connectivity index (χ1v) is 9.73. The van der Waals surface area contributed by atoms with E-state index in [1.807, 2.05) is 31.2 Å². The zero-order chi connectivity index (χ0) is 16.9. The van der Waals surface area contributed by atoms with Crippen molar-refractivity contribution in [3.05, 3.63) is 29.8 Å². The van der Waals surface area contributed by atoms with Gasteiger partial charge in [0.05, 0.1) is 19.3 Å². The highest BCUT2D eigenvalue weighted by Gasteiger charge is 2.25. The predicted octanol–water partition coefficient (Wildman–Crippen LogP) is 1.17. The fourth-order valence-electron chi connectivity index (χ4n) is 2.76. The van der Waals surface area contributed by atoms with E-state index < -0.39 is 10.0 Å². The van der Waals surface area contributed by atoms with Gasteiger partial charge in [0.1, 0.15) is 5.75 Å². The standard InChI is InChI=1S/C16H24N2O4S/c1-3-22-15-8-6-13(7-9-15)11-16(19)18-10-4-5-14(12-18)17-23(2,20)21/h6-9,14,17H,3-5,10-12H2,1-2H3/t14-/m1/s1. The number of likely N-dealkylation sites (tertiary alicyclic amines) is 1. The van der Waals surface area contributed by atoms with Gasteiger partial charge in [-0.25, -0.2) is 13.1 Å². The van der Waals surface area contributed by atoms with E-state index in [1.54, 1.807) is 4.90 Å². The quantitative estimate of drug-likeness (QED) is 0.843. The fourth-order valence-corrected chi connectivity index (χ4v) is 3.56. The van der Waals surface area contributed by atoms with Crippen molar-refractivity contribution in [2.75, 3.05) is 26.0 Å². The van der Waals surface area contributed by atoms with Crippen LogP contribution in [0.15, 0.2) is 24.3 Å². The Morgan fingerprint density at radius 2 is 2.04 bits per heavy atom. The average molecular weight is 340 g/mol. The zero-order valence-electron chi connectivity index (χ0n) is 13.6. The monoisotopic (exact) mass is 340 g/mol. The molecule has 1 atom stereocenters. The second kappa shape index (κ2) is 7.79. The number of hydrogen-bond acceptors (Lipinski definition) is 4. The Morgan fingerprint density at radius 1 is 1.35 bits per heavy atom. The molecule has 2 rings (SSSR count). The van der Waals surface area contributed by atoms with E-state index >= 15 is 0 Å². The van der Waals surface area contributed by atoms with Crippen LogP contribution in [0.5, 0.6) is 5.75 Å². The van der Waals surface area contributed by atoms with E-state index in [1.165, 1.54) is 0 Å². The third-order valence-corrected chi connectivity index (χ3v) is 4.51. The molecule has 1 aliphatic rings. The highest BCUT2D eigenvalue weighted by atomic mass is 32.2. The highest BCUT2D eigenvalue weighted by Crippen LogP contribution is 2.15. The highest BCUT2D eigenvalue weighted by molar-refractivity contribution is 7.88. The Bertz CT molecular complexity index is 628. The number of piperidine rings is 1. The molecule has 23 heavy (non-hydrogen) atoms. The van der Waals surface area contributed by atoms with Crippen LogP contribution in [0.3, 0.4) is 0 Å². The maximum absolute atomic E-state index is 12.4. The van der Waals surface area contributed by atoms with E-state index in [4.69, 9.17) is 4.74 Å². The summed E-state index contributed by atoms with van der Waals surface area (Å²) in [5, 5.41) is 0. The van der Waals surface area contributed by atoms with Crippen molar-refractivity contribution >= 4 is 15.9 Å². The summed E-state index contributed by atoms with van der Waals surface area (Å²) in [5.74, 6) is 0.813. The van der Waals surface area contributed by atoms with Gasteiger partial charge in [-0.1, -0.05) is 12.1 Å². The van der Waals surface area contributed by atoms with Crippen molar-refractivity contribution in [3.63, 3.8) is 0 Å². The topological polar surface area (TPSA) is 75.7 Å². The SMILES string of the molecule is CCOc1ccc(CC(=O)N2CCC[C@@H](NS(C)(=O)=O)C2)cc1. The molecule has 0 spiro atoms. The number of carbonyl (C=O) groups excluding carboxylic acids is 1. The molecule has 0 aliphatic carbocycles. The molecule has 1 heterocycles. The smallest absolute Gasteiger partial charge is 0.227 e. The fraction of sp³-hybridized carbons (Fsp3) is 0.562. The van der Waals surface area contributed by atoms with Gasteiger partial charge < -0.3 is 9.64 Å². The molecule has 0 bridgehead atoms. The summed E-state index contributed by atoms with van der Waals surface area (Å²) in [4.78, 5) is 14.1. The number of benzene rings is 1. The number of ether oxygens (including phenoxy) is 1. The Morgan fingerprint density at radius 3 is 2.65 bits per heavy atom. The number of sulfonamides is 1. The van der Waals surface area contributed by atoms with Crippen molar-refractivity contribution in [1.82, 2.24) is 9.62 Å². The molecule has 6 nitrogen and oxygen atoms in total. The van der Waals surface area contributed by atoms with E-state index in [0.717, 1.165) is 30.4 Å². The van der Waals surface area contributed by atoms with Crippen molar-refractivity contribution in [2.24, 2.45) is 0 Å². The molecular weight excluding hydrogens is 316 g/mol. The maximum atomic E-state index is 12.4. The number of amides is 1. The molecular formula is C16H24N2O4S. The lowest BCUT2D eigenvalue weighted by Gasteiger charge is -2.32. The summed E-state index contributed by atoms with van der Waals surface area (Å²) in [7, 11) is -3.24. The minimum absolute atomic E-state index is 0.0224. The van der Waals surface area contributed by atoms with Crippen LogP contribution in [-0.2, 0) is 21.2 Å². The first kappa shape index (κ1) is 17.7. The molecule has 0 aromatic heterocycles. The van der Waals surface area contributed by atoms with Crippen LogP contribution in [-0.4, -0.2) is 51.2 Å². The van der Waals surface area contributed by atoms with Gasteiger partial charge in [-0.05, 0) is 37.5 Å². The lowest BCUT2D eigenvalue weighted by atomic mass is 10.0. The molecule has 1 N–H and O–H groups in total. The number of hydrogen-bond donors (Lipinski definition) is 1.